The van der Waals surface area contributed by atoms with Crippen LogP contribution in [-0.2, 0) is 9.59 Å². The van der Waals surface area contributed by atoms with Gasteiger partial charge in [0.05, 0.1) is 12.0 Å². The molecule has 1 heterocycles. The molecule has 3 N–H and O–H groups in total. The van der Waals surface area contributed by atoms with E-state index in [9.17, 15) is 14.7 Å². The summed E-state index contributed by atoms with van der Waals surface area (Å²) in [6.07, 6.45) is 6.88. The van der Waals surface area contributed by atoms with Gasteiger partial charge in [-0.2, -0.15) is 0 Å². The number of aliphatic hydroxyl groups excluding tert-OH is 1. The standard InChI is InChI=1S/C28H36Cl2N2O3/c1-5-28-13-11-21(27(4)12-10-19(14-22(27)30)25(34)31-16(2)15-33)23(18-6-8-20(29)9-7-18)24(28)17(3)32-26(28)35/h6-10,14,16-17,21,23-24,33H,5,11-13,15H2,1-4H3,(H,31,34)(H,32,35)/t16?,17-,21-,23+,24+,27?,28-/m1/s1. The van der Waals surface area contributed by atoms with Gasteiger partial charge in [0.15, 0.2) is 0 Å². The molecule has 0 radical (unpaired) electrons. The first kappa shape index (κ1) is 26.2. The smallest absolute Gasteiger partial charge is 0.251 e. The molecule has 1 saturated heterocycles. The van der Waals surface area contributed by atoms with Crippen LogP contribution in [0.5, 0.6) is 0 Å². The van der Waals surface area contributed by atoms with E-state index in [2.05, 4.69) is 43.5 Å². The number of fused-ring (bicyclic) bond motifs is 1. The maximum atomic E-state index is 13.2. The largest absolute Gasteiger partial charge is 0.394 e. The highest BCUT2D eigenvalue weighted by molar-refractivity contribution is 6.31. The van der Waals surface area contributed by atoms with Crippen LogP contribution in [0.15, 0.2) is 47.0 Å². The third-order valence-corrected chi connectivity index (χ3v) is 9.69. The van der Waals surface area contributed by atoms with Gasteiger partial charge in [-0.1, -0.05) is 55.3 Å². The van der Waals surface area contributed by atoms with Crippen molar-refractivity contribution < 1.29 is 14.7 Å². The first-order valence-corrected chi connectivity index (χ1v) is 13.4. The average Bonchev–Trinajstić information content (AvgIpc) is 3.10. The number of rotatable bonds is 6. The summed E-state index contributed by atoms with van der Waals surface area (Å²) in [6, 6.07) is 7.77. The summed E-state index contributed by atoms with van der Waals surface area (Å²) in [5.41, 5.74) is 0.951. The molecule has 4 rings (SSSR count). The first-order valence-electron chi connectivity index (χ1n) is 12.6. The molecular formula is C28H36Cl2N2O3. The minimum absolute atomic E-state index is 0.0534. The van der Waals surface area contributed by atoms with Crippen molar-refractivity contribution in [1.29, 1.82) is 0 Å². The highest BCUT2D eigenvalue weighted by Crippen LogP contribution is 2.63. The molecule has 0 aromatic heterocycles. The third-order valence-electron chi connectivity index (χ3n) is 8.90. The Morgan fingerprint density at radius 1 is 1.29 bits per heavy atom. The fraction of sp³-hybridized carbons (Fsp3) is 0.571. The van der Waals surface area contributed by atoms with Gasteiger partial charge in [0.1, 0.15) is 0 Å². The molecule has 0 bridgehead atoms. The Balaban J connectivity index is 1.73. The van der Waals surface area contributed by atoms with E-state index < -0.39 is 0 Å². The summed E-state index contributed by atoms with van der Waals surface area (Å²) in [7, 11) is 0. The third kappa shape index (κ3) is 4.45. The zero-order valence-electron chi connectivity index (χ0n) is 20.9. The maximum Gasteiger partial charge on any atom is 0.251 e. The Hall–Kier alpha value is -1.82. The van der Waals surface area contributed by atoms with Crippen LogP contribution in [0.3, 0.4) is 0 Å². The molecule has 2 amide bonds. The van der Waals surface area contributed by atoms with Gasteiger partial charge in [-0.05, 0) is 75.1 Å². The lowest BCUT2D eigenvalue weighted by molar-refractivity contribution is -0.132. The van der Waals surface area contributed by atoms with E-state index in [1.54, 1.807) is 13.0 Å². The topological polar surface area (TPSA) is 78.4 Å². The van der Waals surface area contributed by atoms with Crippen molar-refractivity contribution in [2.24, 2.45) is 22.7 Å². The predicted octanol–water partition coefficient (Wildman–Crippen LogP) is 5.32. The summed E-state index contributed by atoms with van der Waals surface area (Å²) in [5, 5.41) is 16.7. The normalized spacial score (nSPS) is 35.5. The number of carbonyl (C=O) groups is 2. The molecule has 190 valence electrons. The summed E-state index contributed by atoms with van der Waals surface area (Å²) in [6.45, 7) is 8.07. The van der Waals surface area contributed by atoms with Gasteiger partial charge in [0, 0.05) is 39.0 Å². The molecule has 7 heteroatoms. The van der Waals surface area contributed by atoms with Crippen LogP contribution in [0.1, 0.15) is 64.9 Å². The minimum Gasteiger partial charge on any atom is -0.394 e. The van der Waals surface area contributed by atoms with Crippen molar-refractivity contribution >= 4 is 35.0 Å². The number of nitrogens with one attached hydrogen (secondary N) is 2. The van der Waals surface area contributed by atoms with Gasteiger partial charge in [-0.25, -0.2) is 0 Å². The summed E-state index contributed by atoms with van der Waals surface area (Å²) in [5.74, 6) is 0.376. The fourth-order valence-corrected chi connectivity index (χ4v) is 7.34. The van der Waals surface area contributed by atoms with Crippen LogP contribution < -0.4 is 10.6 Å². The number of allylic oxidation sites excluding steroid dienone is 2. The Labute approximate surface area is 218 Å². The van der Waals surface area contributed by atoms with Crippen molar-refractivity contribution in [3.8, 4) is 0 Å². The molecule has 1 aliphatic heterocycles. The van der Waals surface area contributed by atoms with Crippen molar-refractivity contribution in [2.45, 2.75) is 71.4 Å². The molecule has 7 atom stereocenters. The lowest BCUT2D eigenvalue weighted by atomic mass is 9.50. The second kappa shape index (κ2) is 9.91. The van der Waals surface area contributed by atoms with Crippen molar-refractivity contribution in [2.75, 3.05) is 6.61 Å². The van der Waals surface area contributed by atoms with Gasteiger partial charge in [-0.3, -0.25) is 9.59 Å². The molecule has 1 aromatic carbocycles. The van der Waals surface area contributed by atoms with E-state index in [-0.39, 0.29) is 59.1 Å². The molecule has 0 spiro atoms. The van der Waals surface area contributed by atoms with E-state index in [1.807, 2.05) is 18.2 Å². The minimum atomic E-state index is -0.386. The lowest BCUT2D eigenvalue weighted by Gasteiger charge is -2.53. The number of amides is 2. The van der Waals surface area contributed by atoms with Crippen LogP contribution in [0.25, 0.3) is 0 Å². The highest BCUT2D eigenvalue weighted by Gasteiger charge is 2.61. The zero-order valence-corrected chi connectivity index (χ0v) is 22.4. The number of hydrogen-bond donors (Lipinski definition) is 3. The Morgan fingerprint density at radius 2 is 1.97 bits per heavy atom. The van der Waals surface area contributed by atoms with Gasteiger partial charge in [0.2, 0.25) is 5.91 Å². The summed E-state index contributed by atoms with van der Waals surface area (Å²) >= 11 is 13.2. The van der Waals surface area contributed by atoms with Crippen LogP contribution in [-0.4, -0.2) is 35.6 Å². The monoisotopic (exact) mass is 518 g/mol. The van der Waals surface area contributed by atoms with Crippen LogP contribution in [0.2, 0.25) is 5.02 Å². The van der Waals surface area contributed by atoms with Gasteiger partial charge in [0.25, 0.3) is 5.91 Å². The molecular weight excluding hydrogens is 483 g/mol. The second-order valence-corrected chi connectivity index (χ2v) is 11.7. The molecule has 2 fully saturated rings. The van der Waals surface area contributed by atoms with E-state index in [4.69, 9.17) is 23.2 Å². The van der Waals surface area contributed by atoms with Crippen LogP contribution >= 0.6 is 23.2 Å². The Morgan fingerprint density at radius 3 is 2.57 bits per heavy atom. The van der Waals surface area contributed by atoms with E-state index in [0.29, 0.717) is 22.0 Å². The SMILES string of the molecule is CC[C@@]12CC[C@@H](C3(C)CC=C(C(=O)NC(C)CO)C=C3Cl)[C@H](c3ccc(Cl)cc3)[C@@H]1[C@@H](C)NC2=O. The number of carbonyl (C=O) groups excluding carboxylic acids is 2. The molecule has 2 unspecified atom stereocenters. The molecule has 35 heavy (non-hydrogen) atoms. The number of halogens is 2. The quantitative estimate of drug-likeness (QED) is 0.476. The van der Waals surface area contributed by atoms with E-state index >= 15 is 0 Å². The Kier molecular flexibility index (Phi) is 7.43. The van der Waals surface area contributed by atoms with Gasteiger partial charge >= 0.3 is 0 Å². The highest BCUT2D eigenvalue weighted by atomic mass is 35.5. The van der Waals surface area contributed by atoms with Gasteiger partial charge < -0.3 is 15.7 Å². The summed E-state index contributed by atoms with van der Waals surface area (Å²) < 4.78 is 0. The fourth-order valence-electron chi connectivity index (χ4n) is 6.88. The molecule has 3 aliphatic rings. The average molecular weight is 520 g/mol. The van der Waals surface area contributed by atoms with Crippen LogP contribution in [0.4, 0.5) is 0 Å². The van der Waals surface area contributed by atoms with Crippen molar-refractivity contribution in [3.05, 3.63) is 57.6 Å². The number of benzene rings is 1. The van der Waals surface area contributed by atoms with Crippen molar-refractivity contribution in [1.82, 2.24) is 10.6 Å². The molecule has 1 saturated carbocycles. The van der Waals surface area contributed by atoms with Crippen molar-refractivity contribution in [3.63, 3.8) is 0 Å². The number of hydrogen-bond acceptors (Lipinski definition) is 3. The molecule has 2 aliphatic carbocycles. The summed E-state index contributed by atoms with van der Waals surface area (Å²) in [4.78, 5) is 25.9. The molecule has 5 nitrogen and oxygen atoms in total. The zero-order chi connectivity index (χ0) is 25.5. The van der Waals surface area contributed by atoms with E-state index in [1.165, 1.54) is 5.56 Å². The first-order chi connectivity index (χ1) is 16.6. The second-order valence-electron chi connectivity index (χ2n) is 10.9. The Bertz CT molecular complexity index is 1050. The maximum absolute atomic E-state index is 13.2. The van der Waals surface area contributed by atoms with E-state index in [0.717, 1.165) is 19.3 Å². The number of aliphatic hydroxyl groups is 1. The molecule has 1 aromatic rings. The van der Waals surface area contributed by atoms with Gasteiger partial charge in [-0.15, -0.1) is 0 Å². The van der Waals surface area contributed by atoms with Crippen LogP contribution in [0, 0.1) is 22.7 Å². The predicted molar refractivity (Wildman–Crippen MR) is 140 cm³/mol. The lowest BCUT2D eigenvalue weighted by Crippen LogP contribution is -2.49.